The van der Waals surface area contributed by atoms with Crippen molar-refractivity contribution in [1.82, 2.24) is 5.32 Å². The van der Waals surface area contributed by atoms with Gasteiger partial charge < -0.3 is 10.1 Å². The third kappa shape index (κ3) is 10.2. The molecule has 0 bridgehead atoms. The van der Waals surface area contributed by atoms with Gasteiger partial charge in [0.25, 0.3) is 10.1 Å². The number of esters is 1. The van der Waals surface area contributed by atoms with Crippen molar-refractivity contribution >= 4 is 16.1 Å². The fourth-order valence-electron chi connectivity index (χ4n) is 1.05. The van der Waals surface area contributed by atoms with Crippen molar-refractivity contribution in [1.29, 1.82) is 0 Å². The van der Waals surface area contributed by atoms with Crippen LogP contribution in [0.15, 0.2) is 0 Å². The third-order valence-electron chi connectivity index (χ3n) is 1.79. The van der Waals surface area contributed by atoms with E-state index in [-0.39, 0.29) is 18.1 Å². The lowest BCUT2D eigenvalue weighted by Crippen LogP contribution is -2.39. The molecule has 0 spiro atoms. The van der Waals surface area contributed by atoms with Gasteiger partial charge in [0.2, 0.25) is 0 Å². The van der Waals surface area contributed by atoms with Crippen molar-refractivity contribution in [2.45, 2.75) is 45.8 Å². The van der Waals surface area contributed by atoms with Gasteiger partial charge in [0.1, 0.15) is 11.6 Å². The second-order valence-electron chi connectivity index (χ2n) is 4.85. The Labute approximate surface area is 102 Å². The summed E-state index contributed by atoms with van der Waals surface area (Å²) >= 11 is 0. The average Bonchev–Trinajstić information content (AvgIpc) is 2.07. The van der Waals surface area contributed by atoms with E-state index in [4.69, 9.17) is 9.29 Å². The first-order valence-corrected chi connectivity index (χ1v) is 7.03. The molecule has 0 radical (unpaired) electrons. The minimum absolute atomic E-state index is 0.242. The first-order valence-electron chi connectivity index (χ1n) is 5.43. The minimum atomic E-state index is -3.93. The lowest BCUT2D eigenvalue weighted by Gasteiger charge is -2.22. The Bertz CT molecular complexity index is 344. The minimum Gasteiger partial charge on any atom is -0.459 e. The lowest BCUT2D eigenvalue weighted by molar-refractivity contribution is -0.156. The fourth-order valence-corrected chi connectivity index (χ4v) is 1.56. The van der Waals surface area contributed by atoms with Gasteiger partial charge >= 0.3 is 5.97 Å². The van der Waals surface area contributed by atoms with Crippen molar-refractivity contribution in [3.8, 4) is 0 Å². The molecule has 0 saturated heterocycles. The summed E-state index contributed by atoms with van der Waals surface area (Å²) in [6.45, 7) is 7.28. The monoisotopic (exact) mass is 267 g/mol. The zero-order valence-corrected chi connectivity index (χ0v) is 11.5. The van der Waals surface area contributed by atoms with Crippen molar-refractivity contribution in [2.24, 2.45) is 0 Å². The van der Waals surface area contributed by atoms with Crippen LogP contribution in [-0.4, -0.2) is 42.9 Å². The average molecular weight is 267 g/mol. The van der Waals surface area contributed by atoms with Crippen LogP contribution in [0, 0.1) is 0 Å². The normalized spacial score (nSPS) is 14.4. The maximum atomic E-state index is 11.5. The zero-order chi connectivity index (χ0) is 13.7. The molecule has 0 fully saturated rings. The van der Waals surface area contributed by atoms with Gasteiger partial charge in [0.15, 0.2) is 0 Å². The number of hydrogen-bond acceptors (Lipinski definition) is 5. The topological polar surface area (TPSA) is 92.7 Å². The van der Waals surface area contributed by atoms with E-state index in [9.17, 15) is 13.2 Å². The molecule has 0 amide bonds. The number of carbonyl (C=O) groups is 1. The van der Waals surface area contributed by atoms with E-state index >= 15 is 0 Å². The van der Waals surface area contributed by atoms with Gasteiger partial charge in [-0.15, -0.1) is 0 Å². The van der Waals surface area contributed by atoms with Gasteiger partial charge in [-0.3, -0.25) is 9.35 Å². The molecule has 1 atom stereocenters. The van der Waals surface area contributed by atoms with E-state index < -0.39 is 21.8 Å². The molecule has 2 N–H and O–H groups in total. The Morgan fingerprint density at radius 1 is 1.41 bits per heavy atom. The van der Waals surface area contributed by atoms with Crippen molar-refractivity contribution in [2.75, 3.05) is 12.3 Å². The van der Waals surface area contributed by atoms with E-state index in [1.54, 1.807) is 27.7 Å². The second-order valence-corrected chi connectivity index (χ2v) is 6.42. The van der Waals surface area contributed by atoms with Crippen molar-refractivity contribution in [3.05, 3.63) is 0 Å². The molecule has 6 nitrogen and oxygen atoms in total. The number of carbonyl (C=O) groups excluding carboxylic acids is 1. The van der Waals surface area contributed by atoms with E-state index in [0.29, 0.717) is 6.54 Å². The highest BCUT2D eigenvalue weighted by Crippen LogP contribution is 2.08. The molecular formula is C10H21NO5S. The SMILES string of the molecule is CC(NCCCS(=O)(=O)O)C(=O)OC(C)(C)C. The quantitative estimate of drug-likeness (QED) is 0.415. The summed E-state index contributed by atoms with van der Waals surface area (Å²) in [7, 11) is -3.93. The van der Waals surface area contributed by atoms with E-state index in [1.807, 2.05) is 0 Å². The van der Waals surface area contributed by atoms with Gasteiger partial charge in [-0.1, -0.05) is 0 Å². The van der Waals surface area contributed by atoms with Crippen LogP contribution in [0.5, 0.6) is 0 Å². The summed E-state index contributed by atoms with van der Waals surface area (Å²) < 4.78 is 34.5. The fraction of sp³-hybridized carbons (Fsp3) is 0.900. The molecule has 0 aliphatic heterocycles. The smallest absolute Gasteiger partial charge is 0.323 e. The predicted molar refractivity (Wildman–Crippen MR) is 64.3 cm³/mol. The van der Waals surface area contributed by atoms with Crippen molar-refractivity contribution in [3.63, 3.8) is 0 Å². The van der Waals surface area contributed by atoms with Crippen LogP contribution in [0.2, 0.25) is 0 Å². The Hall–Kier alpha value is -0.660. The lowest BCUT2D eigenvalue weighted by atomic mass is 10.2. The molecule has 0 aromatic rings. The number of nitrogens with one attached hydrogen (secondary N) is 1. The third-order valence-corrected chi connectivity index (χ3v) is 2.59. The summed E-state index contributed by atoms with van der Waals surface area (Å²) in [4.78, 5) is 11.5. The summed E-state index contributed by atoms with van der Waals surface area (Å²) in [5, 5.41) is 2.83. The largest absolute Gasteiger partial charge is 0.459 e. The first kappa shape index (κ1) is 16.3. The predicted octanol–water partition coefficient (Wildman–Crippen LogP) is 0.584. The summed E-state index contributed by atoms with van der Waals surface area (Å²) in [5.41, 5.74) is -0.540. The maximum absolute atomic E-state index is 11.5. The van der Waals surface area contributed by atoms with E-state index in [2.05, 4.69) is 5.32 Å². The Kier molecular flexibility index (Phi) is 6.08. The first-order chi connectivity index (χ1) is 7.51. The van der Waals surface area contributed by atoms with Gasteiger partial charge in [-0.25, -0.2) is 0 Å². The summed E-state index contributed by atoms with van der Waals surface area (Å²) in [6, 6.07) is -0.504. The molecule has 0 aromatic heterocycles. The molecule has 0 rings (SSSR count). The Morgan fingerprint density at radius 3 is 2.35 bits per heavy atom. The van der Waals surface area contributed by atoms with Gasteiger partial charge in [0.05, 0.1) is 5.75 Å². The molecule has 0 aromatic carbocycles. The Balaban J connectivity index is 3.87. The Morgan fingerprint density at radius 2 is 1.94 bits per heavy atom. The molecule has 102 valence electrons. The maximum Gasteiger partial charge on any atom is 0.323 e. The molecule has 0 heterocycles. The van der Waals surface area contributed by atoms with Gasteiger partial charge in [-0.05, 0) is 40.7 Å². The molecule has 17 heavy (non-hydrogen) atoms. The van der Waals surface area contributed by atoms with Gasteiger partial charge in [0, 0.05) is 0 Å². The van der Waals surface area contributed by atoms with Crippen LogP contribution >= 0.6 is 0 Å². The van der Waals surface area contributed by atoms with Crippen LogP contribution in [0.25, 0.3) is 0 Å². The van der Waals surface area contributed by atoms with Crippen LogP contribution in [0.4, 0.5) is 0 Å². The zero-order valence-electron chi connectivity index (χ0n) is 10.7. The standard InChI is InChI=1S/C10H21NO5S/c1-8(9(12)16-10(2,3)4)11-6-5-7-17(13,14)15/h8,11H,5-7H2,1-4H3,(H,13,14,15). The summed E-state index contributed by atoms with van der Waals surface area (Å²) in [5.74, 6) is -0.703. The molecule has 0 aliphatic carbocycles. The van der Waals surface area contributed by atoms with E-state index in [1.165, 1.54) is 0 Å². The van der Waals surface area contributed by atoms with Crippen molar-refractivity contribution < 1.29 is 22.5 Å². The highest BCUT2D eigenvalue weighted by Gasteiger charge is 2.21. The molecule has 7 heteroatoms. The molecular weight excluding hydrogens is 246 g/mol. The molecule has 0 aliphatic rings. The molecule has 1 unspecified atom stereocenters. The highest BCUT2D eigenvalue weighted by molar-refractivity contribution is 7.85. The molecule has 0 saturated carbocycles. The number of rotatable bonds is 6. The highest BCUT2D eigenvalue weighted by atomic mass is 32.2. The van der Waals surface area contributed by atoms with Crippen LogP contribution in [0.1, 0.15) is 34.1 Å². The van der Waals surface area contributed by atoms with Crippen LogP contribution < -0.4 is 5.32 Å². The van der Waals surface area contributed by atoms with E-state index in [0.717, 1.165) is 0 Å². The summed E-state index contributed by atoms with van der Waals surface area (Å²) in [6.07, 6.45) is 0.242. The van der Waals surface area contributed by atoms with Gasteiger partial charge in [-0.2, -0.15) is 8.42 Å². The second kappa shape index (κ2) is 6.32. The number of ether oxygens (including phenoxy) is 1. The van der Waals surface area contributed by atoms with Crippen LogP contribution in [-0.2, 0) is 19.6 Å². The van der Waals surface area contributed by atoms with Crippen LogP contribution in [0.3, 0.4) is 0 Å². The number of hydrogen-bond donors (Lipinski definition) is 2.